The van der Waals surface area contributed by atoms with Gasteiger partial charge in [0.05, 0.1) is 0 Å². The first kappa shape index (κ1) is 10.7. The minimum atomic E-state index is -1.04. The third-order valence-electron chi connectivity index (χ3n) is 2.93. The highest BCUT2D eigenvalue weighted by Crippen LogP contribution is 2.23. The topological polar surface area (TPSA) is 51.2 Å². The van der Waals surface area contributed by atoms with E-state index in [1.807, 2.05) is 6.07 Å². The van der Waals surface area contributed by atoms with Gasteiger partial charge in [-0.1, -0.05) is 24.3 Å². The van der Waals surface area contributed by atoms with Gasteiger partial charge >= 0.3 is 0 Å². The Morgan fingerprint density at radius 3 is 2.25 bits per heavy atom. The molecule has 0 radical (unpaired) electrons. The smallest absolute Gasteiger partial charge is 0.181 e. The van der Waals surface area contributed by atoms with Gasteiger partial charge in [-0.25, -0.2) is 0 Å². The molecule has 3 heteroatoms. The van der Waals surface area contributed by atoms with Crippen molar-refractivity contribution in [3.05, 3.63) is 35.4 Å². The molecule has 1 fully saturated rings. The number of benzene rings is 1. The Hall–Kier alpha value is -1.77. The highest BCUT2D eigenvalue weighted by Gasteiger charge is 2.39. The normalized spacial score (nSPS) is 16.8. The molecule has 82 valence electrons. The fourth-order valence-electron chi connectivity index (χ4n) is 2.01. The van der Waals surface area contributed by atoms with Crippen LogP contribution in [0.3, 0.4) is 0 Å². The molecule has 0 spiro atoms. The fourth-order valence-corrected chi connectivity index (χ4v) is 2.01. The maximum absolute atomic E-state index is 12.0. The molecule has 1 aliphatic rings. The second kappa shape index (κ2) is 4.00. The van der Waals surface area contributed by atoms with Gasteiger partial charge < -0.3 is 0 Å². The van der Waals surface area contributed by atoms with E-state index >= 15 is 0 Å². The van der Waals surface area contributed by atoms with Gasteiger partial charge in [0.2, 0.25) is 0 Å². The number of rotatable bonds is 2. The Labute approximate surface area is 93.5 Å². The van der Waals surface area contributed by atoms with E-state index in [9.17, 15) is 14.4 Å². The zero-order valence-corrected chi connectivity index (χ0v) is 9.03. The van der Waals surface area contributed by atoms with Gasteiger partial charge in [0.1, 0.15) is 5.92 Å². The molecule has 1 aromatic carbocycles. The summed E-state index contributed by atoms with van der Waals surface area (Å²) >= 11 is 0. The molecular formula is C13H12O3. The predicted molar refractivity (Wildman–Crippen MR) is 58.2 cm³/mol. The minimum Gasteiger partial charge on any atom is -0.298 e. The van der Waals surface area contributed by atoms with Gasteiger partial charge in [-0.15, -0.1) is 0 Å². The quantitative estimate of drug-likeness (QED) is 0.558. The molecule has 2 rings (SSSR count). The van der Waals surface area contributed by atoms with Crippen molar-refractivity contribution < 1.29 is 14.4 Å². The van der Waals surface area contributed by atoms with Crippen LogP contribution in [-0.2, 0) is 9.59 Å². The first-order valence-electron chi connectivity index (χ1n) is 5.26. The Balaban J connectivity index is 2.36. The van der Waals surface area contributed by atoms with E-state index in [0.717, 1.165) is 5.56 Å². The van der Waals surface area contributed by atoms with Gasteiger partial charge in [0, 0.05) is 18.4 Å². The number of aryl methyl sites for hydroxylation is 1. The molecule has 1 saturated carbocycles. The van der Waals surface area contributed by atoms with Crippen LogP contribution in [0.4, 0.5) is 0 Å². The first-order valence-corrected chi connectivity index (χ1v) is 5.26. The van der Waals surface area contributed by atoms with Gasteiger partial charge in [0.15, 0.2) is 17.3 Å². The summed E-state index contributed by atoms with van der Waals surface area (Å²) in [4.78, 5) is 35.0. The van der Waals surface area contributed by atoms with Crippen LogP contribution in [0.2, 0.25) is 0 Å². The molecule has 1 aromatic rings. The van der Waals surface area contributed by atoms with E-state index in [2.05, 4.69) is 0 Å². The summed E-state index contributed by atoms with van der Waals surface area (Å²) in [5, 5.41) is 0. The molecule has 0 heterocycles. The highest BCUT2D eigenvalue weighted by atomic mass is 16.2. The number of hydrogen-bond acceptors (Lipinski definition) is 3. The van der Waals surface area contributed by atoms with E-state index in [1.54, 1.807) is 25.1 Å². The van der Waals surface area contributed by atoms with Crippen LogP contribution < -0.4 is 0 Å². The molecule has 1 aliphatic carbocycles. The van der Waals surface area contributed by atoms with Gasteiger partial charge in [-0.3, -0.25) is 14.4 Å². The van der Waals surface area contributed by atoms with Crippen molar-refractivity contribution in [1.29, 1.82) is 0 Å². The summed E-state index contributed by atoms with van der Waals surface area (Å²) in [7, 11) is 0. The molecule has 0 unspecified atom stereocenters. The van der Waals surface area contributed by atoms with Crippen LogP contribution in [-0.4, -0.2) is 17.3 Å². The summed E-state index contributed by atoms with van der Waals surface area (Å²) in [6.45, 7) is 1.80. The maximum Gasteiger partial charge on any atom is 0.181 e. The van der Waals surface area contributed by atoms with Crippen molar-refractivity contribution in [2.45, 2.75) is 19.8 Å². The molecule has 0 N–H and O–H groups in total. The van der Waals surface area contributed by atoms with Crippen molar-refractivity contribution in [3.63, 3.8) is 0 Å². The number of Topliss-reactive ketones (excluding diaryl/α,β-unsaturated/α-hetero) is 3. The average Bonchev–Trinajstić information content (AvgIpc) is 2.58. The number of hydrogen-bond donors (Lipinski definition) is 0. The van der Waals surface area contributed by atoms with Crippen molar-refractivity contribution in [2.24, 2.45) is 5.92 Å². The lowest BCUT2D eigenvalue weighted by Crippen LogP contribution is -2.25. The SMILES string of the molecule is Cc1ccccc1C(=O)C1C(=O)CCC1=O. The molecule has 0 atom stereocenters. The molecule has 0 aromatic heterocycles. The second-order valence-corrected chi connectivity index (χ2v) is 4.04. The van der Waals surface area contributed by atoms with E-state index in [1.165, 1.54) is 0 Å². The number of ketones is 3. The summed E-state index contributed by atoms with van der Waals surface area (Å²) in [6, 6.07) is 7.03. The number of carbonyl (C=O) groups is 3. The minimum absolute atomic E-state index is 0.209. The zero-order valence-electron chi connectivity index (χ0n) is 9.03. The lowest BCUT2D eigenvalue weighted by molar-refractivity contribution is -0.125. The van der Waals surface area contributed by atoms with Crippen molar-refractivity contribution in [3.8, 4) is 0 Å². The lowest BCUT2D eigenvalue weighted by Gasteiger charge is -2.08. The van der Waals surface area contributed by atoms with E-state index < -0.39 is 5.92 Å². The summed E-state index contributed by atoms with van der Waals surface area (Å²) in [5.41, 5.74) is 1.29. The maximum atomic E-state index is 12.0. The second-order valence-electron chi connectivity index (χ2n) is 4.04. The Bertz CT molecular complexity index is 458. The van der Waals surface area contributed by atoms with Crippen molar-refractivity contribution in [1.82, 2.24) is 0 Å². The molecule has 0 saturated heterocycles. The Kier molecular flexibility index (Phi) is 2.69. The van der Waals surface area contributed by atoms with E-state index in [-0.39, 0.29) is 30.2 Å². The summed E-state index contributed by atoms with van der Waals surface area (Å²) in [5.74, 6) is -1.86. The largest absolute Gasteiger partial charge is 0.298 e. The summed E-state index contributed by atoms with van der Waals surface area (Å²) in [6.07, 6.45) is 0.419. The molecule has 16 heavy (non-hydrogen) atoms. The summed E-state index contributed by atoms with van der Waals surface area (Å²) < 4.78 is 0. The first-order chi connectivity index (χ1) is 7.61. The molecule has 0 amide bonds. The third kappa shape index (κ3) is 1.69. The van der Waals surface area contributed by atoms with Crippen LogP contribution in [0.1, 0.15) is 28.8 Å². The molecule has 0 aliphatic heterocycles. The van der Waals surface area contributed by atoms with Crippen LogP contribution in [0, 0.1) is 12.8 Å². The third-order valence-corrected chi connectivity index (χ3v) is 2.93. The van der Waals surface area contributed by atoms with Crippen LogP contribution in [0.5, 0.6) is 0 Å². The Morgan fingerprint density at radius 2 is 1.69 bits per heavy atom. The van der Waals surface area contributed by atoms with Gasteiger partial charge in [-0.05, 0) is 12.5 Å². The van der Waals surface area contributed by atoms with Crippen LogP contribution in [0.25, 0.3) is 0 Å². The highest BCUT2D eigenvalue weighted by molar-refractivity contribution is 6.27. The van der Waals surface area contributed by atoms with Crippen LogP contribution >= 0.6 is 0 Å². The zero-order chi connectivity index (χ0) is 11.7. The average molecular weight is 216 g/mol. The Morgan fingerprint density at radius 1 is 1.12 bits per heavy atom. The van der Waals surface area contributed by atoms with Crippen molar-refractivity contribution >= 4 is 17.3 Å². The van der Waals surface area contributed by atoms with Gasteiger partial charge in [0.25, 0.3) is 0 Å². The molecule has 3 nitrogen and oxygen atoms in total. The molecule has 0 bridgehead atoms. The molecular weight excluding hydrogens is 204 g/mol. The number of carbonyl (C=O) groups excluding carboxylic acids is 3. The monoisotopic (exact) mass is 216 g/mol. The standard InChI is InChI=1S/C13H12O3/c1-8-4-2-3-5-9(8)13(16)12-10(14)6-7-11(12)15/h2-5,12H,6-7H2,1H3. The predicted octanol–water partition coefficient (Wildman–Crippen LogP) is 1.73. The van der Waals surface area contributed by atoms with Gasteiger partial charge in [-0.2, -0.15) is 0 Å². The fraction of sp³-hybridized carbons (Fsp3) is 0.308. The van der Waals surface area contributed by atoms with E-state index in [4.69, 9.17) is 0 Å². The van der Waals surface area contributed by atoms with Crippen LogP contribution in [0.15, 0.2) is 24.3 Å². The lowest BCUT2D eigenvalue weighted by atomic mass is 9.92. The van der Waals surface area contributed by atoms with Crippen molar-refractivity contribution in [2.75, 3.05) is 0 Å². The van der Waals surface area contributed by atoms with E-state index in [0.29, 0.717) is 5.56 Å².